The van der Waals surface area contributed by atoms with Crippen molar-refractivity contribution in [3.63, 3.8) is 0 Å². The van der Waals surface area contributed by atoms with Crippen molar-refractivity contribution in [3.8, 4) is 0 Å². The molecule has 54 valence electrons. The average molecular weight is 135 g/mol. The van der Waals surface area contributed by atoms with Crippen molar-refractivity contribution in [1.29, 1.82) is 0 Å². The fourth-order valence-electron chi connectivity index (χ4n) is 0.537. The smallest absolute Gasteiger partial charge is 0.0400 e. The Bertz CT molecular complexity index is 164. The Balaban J connectivity index is 4.06. The molecule has 0 aromatic rings. The molecule has 1 heteroatoms. The second-order valence-corrected chi connectivity index (χ2v) is 1.76. The largest absolute Gasteiger partial charge is 0.261 e. The van der Waals surface area contributed by atoms with Crippen LogP contribution >= 0.6 is 0 Å². The first-order valence-electron chi connectivity index (χ1n) is 3.31. The zero-order chi connectivity index (χ0) is 7.82. The molecule has 0 bridgehead atoms. The van der Waals surface area contributed by atoms with E-state index < -0.39 is 0 Å². The Hall–Kier alpha value is -1.11. The van der Waals surface area contributed by atoms with Crippen LogP contribution in [0.1, 0.15) is 13.3 Å². The molecule has 0 aliphatic rings. The summed E-state index contributed by atoms with van der Waals surface area (Å²) in [6, 6.07) is 0. The van der Waals surface area contributed by atoms with Gasteiger partial charge < -0.3 is 0 Å². The van der Waals surface area contributed by atoms with Gasteiger partial charge in [0.2, 0.25) is 0 Å². The van der Waals surface area contributed by atoms with Gasteiger partial charge in [-0.25, -0.2) is 0 Å². The monoisotopic (exact) mass is 135 g/mol. The summed E-state index contributed by atoms with van der Waals surface area (Å²) in [6.45, 7) is 9.16. The Morgan fingerprint density at radius 1 is 1.40 bits per heavy atom. The lowest BCUT2D eigenvalue weighted by Gasteiger charge is -1.90. The lowest BCUT2D eigenvalue weighted by molar-refractivity contribution is 1.07. The lowest BCUT2D eigenvalue weighted by atomic mass is 10.3. The van der Waals surface area contributed by atoms with Crippen molar-refractivity contribution in [2.24, 2.45) is 4.99 Å². The van der Waals surface area contributed by atoms with Crippen molar-refractivity contribution in [1.82, 2.24) is 0 Å². The summed E-state index contributed by atoms with van der Waals surface area (Å²) in [4.78, 5) is 4.10. The van der Waals surface area contributed by atoms with Gasteiger partial charge in [-0.3, -0.25) is 4.99 Å². The molecule has 0 amide bonds. The molecule has 0 fully saturated rings. The van der Waals surface area contributed by atoms with E-state index in [1.807, 2.05) is 6.08 Å². The molecule has 0 heterocycles. The molecule has 1 nitrogen and oxygen atoms in total. The number of rotatable bonds is 4. The summed E-state index contributed by atoms with van der Waals surface area (Å²) in [6.07, 6.45) is 7.89. The minimum atomic E-state index is 0.927. The van der Waals surface area contributed by atoms with Crippen LogP contribution in [-0.2, 0) is 0 Å². The summed E-state index contributed by atoms with van der Waals surface area (Å²) in [5, 5.41) is 0. The van der Waals surface area contributed by atoms with Gasteiger partial charge in [0.1, 0.15) is 0 Å². The van der Waals surface area contributed by atoms with Crippen LogP contribution in [0.2, 0.25) is 0 Å². The highest BCUT2D eigenvalue weighted by Gasteiger charge is 1.82. The highest BCUT2D eigenvalue weighted by Crippen LogP contribution is 2.00. The first kappa shape index (κ1) is 8.89. The van der Waals surface area contributed by atoms with Gasteiger partial charge in [0.05, 0.1) is 0 Å². The van der Waals surface area contributed by atoms with E-state index in [9.17, 15) is 0 Å². The van der Waals surface area contributed by atoms with E-state index in [-0.39, 0.29) is 0 Å². The second kappa shape index (κ2) is 6.02. The van der Waals surface area contributed by atoms with E-state index in [2.05, 4.69) is 25.1 Å². The first-order chi connectivity index (χ1) is 4.85. The van der Waals surface area contributed by atoms with Crippen molar-refractivity contribution in [2.45, 2.75) is 13.3 Å². The van der Waals surface area contributed by atoms with Gasteiger partial charge in [-0.15, -0.1) is 0 Å². The molecule has 0 atom stereocenters. The van der Waals surface area contributed by atoms with E-state index >= 15 is 0 Å². The minimum Gasteiger partial charge on any atom is -0.261 e. The Morgan fingerprint density at radius 3 is 2.50 bits per heavy atom. The summed E-state index contributed by atoms with van der Waals surface area (Å²) >= 11 is 0. The summed E-state index contributed by atoms with van der Waals surface area (Å²) in [5.74, 6) is 0. The van der Waals surface area contributed by atoms with Gasteiger partial charge in [-0.1, -0.05) is 32.2 Å². The fraction of sp³-hybridized carbons (Fsp3) is 0.222. The molecular weight excluding hydrogens is 122 g/mol. The van der Waals surface area contributed by atoms with Crippen LogP contribution < -0.4 is 0 Å². The highest BCUT2D eigenvalue weighted by molar-refractivity contribution is 5.71. The third-order valence-electron chi connectivity index (χ3n) is 1.02. The topological polar surface area (TPSA) is 12.4 Å². The molecule has 0 aliphatic heterocycles. The predicted molar refractivity (Wildman–Crippen MR) is 47.3 cm³/mol. The normalized spacial score (nSPS) is 11.9. The first-order valence-corrected chi connectivity index (χ1v) is 3.31. The SMILES string of the molecule is C=CC=N/C(=C\C=C)CC. The summed E-state index contributed by atoms with van der Waals surface area (Å²) in [5.41, 5.74) is 1.02. The maximum Gasteiger partial charge on any atom is 0.0400 e. The highest BCUT2D eigenvalue weighted by atomic mass is 14.7. The van der Waals surface area contributed by atoms with Gasteiger partial charge in [-0.05, 0) is 12.5 Å². The van der Waals surface area contributed by atoms with Gasteiger partial charge >= 0.3 is 0 Å². The maximum absolute atomic E-state index is 4.10. The Morgan fingerprint density at radius 2 is 2.10 bits per heavy atom. The van der Waals surface area contributed by atoms with Gasteiger partial charge in [0.15, 0.2) is 0 Å². The zero-order valence-corrected chi connectivity index (χ0v) is 6.38. The van der Waals surface area contributed by atoms with Crippen LogP contribution in [0.5, 0.6) is 0 Å². The van der Waals surface area contributed by atoms with Crippen molar-refractivity contribution >= 4 is 6.21 Å². The van der Waals surface area contributed by atoms with Crippen molar-refractivity contribution in [2.75, 3.05) is 0 Å². The molecule has 0 radical (unpaired) electrons. The second-order valence-electron chi connectivity index (χ2n) is 1.76. The van der Waals surface area contributed by atoms with Crippen LogP contribution in [0.15, 0.2) is 42.1 Å². The summed E-state index contributed by atoms with van der Waals surface area (Å²) < 4.78 is 0. The lowest BCUT2D eigenvalue weighted by Crippen LogP contribution is -1.73. The third kappa shape index (κ3) is 3.84. The van der Waals surface area contributed by atoms with Gasteiger partial charge in [0.25, 0.3) is 0 Å². The van der Waals surface area contributed by atoms with Crippen LogP contribution in [0, 0.1) is 0 Å². The Labute approximate surface area is 62.5 Å². The molecule has 0 unspecified atom stereocenters. The third-order valence-corrected chi connectivity index (χ3v) is 1.02. The number of hydrogen-bond acceptors (Lipinski definition) is 1. The standard InChI is InChI=1S/C9H13N/c1-4-7-9(6-3)10-8-5-2/h4-5,7-8H,1-2,6H2,3H3/b9-7-,10-8?. The minimum absolute atomic E-state index is 0.927. The average Bonchev–Trinajstić information content (AvgIpc) is 1.98. The fourth-order valence-corrected chi connectivity index (χ4v) is 0.537. The van der Waals surface area contributed by atoms with Gasteiger partial charge in [0, 0.05) is 11.9 Å². The van der Waals surface area contributed by atoms with E-state index in [1.54, 1.807) is 18.4 Å². The quantitative estimate of drug-likeness (QED) is 0.415. The van der Waals surface area contributed by atoms with Crippen LogP contribution in [0.25, 0.3) is 0 Å². The number of hydrogen-bond donors (Lipinski definition) is 0. The van der Waals surface area contributed by atoms with Crippen molar-refractivity contribution in [3.05, 3.63) is 37.1 Å². The van der Waals surface area contributed by atoms with Crippen LogP contribution in [-0.4, -0.2) is 6.21 Å². The van der Waals surface area contributed by atoms with Crippen molar-refractivity contribution < 1.29 is 0 Å². The molecule has 0 spiro atoms. The molecular formula is C9H13N. The van der Waals surface area contributed by atoms with E-state index in [0.29, 0.717) is 0 Å². The van der Waals surface area contributed by atoms with E-state index in [1.165, 1.54) is 0 Å². The molecule has 10 heavy (non-hydrogen) atoms. The molecule has 0 saturated carbocycles. The molecule has 0 aliphatic carbocycles. The van der Waals surface area contributed by atoms with Crippen LogP contribution in [0.4, 0.5) is 0 Å². The number of nitrogens with zero attached hydrogens (tertiary/aromatic N) is 1. The molecule has 0 aromatic carbocycles. The van der Waals surface area contributed by atoms with E-state index in [0.717, 1.165) is 12.1 Å². The zero-order valence-electron chi connectivity index (χ0n) is 6.38. The van der Waals surface area contributed by atoms with E-state index in [4.69, 9.17) is 0 Å². The molecule has 0 saturated heterocycles. The maximum atomic E-state index is 4.10. The van der Waals surface area contributed by atoms with Gasteiger partial charge in [-0.2, -0.15) is 0 Å². The number of allylic oxidation sites excluding steroid dienone is 4. The molecule has 0 rings (SSSR count). The predicted octanol–water partition coefficient (Wildman–Crippen LogP) is 2.72. The molecule has 0 N–H and O–H groups in total. The Kier molecular flexibility index (Phi) is 5.35. The van der Waals surface area contributed by atoms with Crippen LogP contribution in [0.3, 0.4) is 0 Å². The number of aliphatic imine (C=N–C) groups is 1. The molecule has 0 aromatic heterocycles. The summed E-state index contributed by atoms with van der Waals surface area (Å²) in [7, 11) is 0.